The number of rotatable bonds is 8. The first-order valence-electron chi connectivity index (χ1n) is 6.75. The van der Waals surface area contributed by atoms with Crippen molar-refractivity contribution in [1.29, 1.82) is 0 Å². The molecule has 0 aliphatic heterocycles. The fourth-order valence-corrected chi connectivity index (χ4v) is 2.80. The fourth-order valence-electron chi connectivity index (χ4n) is 1.81. The van der Waals surface area contributed by atoms with E-state index in [4.69, 9.17) is 0 Å². The number of aromatic nitrogens is 3. The second kappa shape index (κ2) is 7.30. The van der Waals surface area contributed by atoms with E-state index >= 15 is 0 Å². The van der Waals surface area contributed by atoms with E-state index in [0.717, 1.165) is 25.1 Å². The Morgan fingerprint density at radius 1 is 1.24 bits per heavy atom. The Morgan fingerprint density at radius 3 is 2.62 bits per heavy atom. The van der Waals surface area contributed by atoms with Gasteiger partial charge in [0.05, 0.1) is 11.4 Å². The molecule has 21 heavy (non-hydrogen) atoms. The summed E-state index contributed by atoms with van der Waals surface area (Å²) in [4.78, 5) is 4.11. The molecule has 1 aromatic carbocycles. The number of likely N-dealkylation sites (N-methyl/N-ethyl adjacent to an activating group) is 1. The molecule has 0 spiro atoms. The monoisotopic (exact) mass is 309 g/mol. The minimum atomic E-state index is -3.53. The molecule has 0 unspecified atom stereocenters. The number of sulfonamides is 1. The lowest BCUT2D eigenvalue weighted by Gasteiger charge is -2.07. The van der Waals surface area contributed by atoms with Crippen molar-refractivity contribution in [3.05, 3.63) is 42.0 Å². The second-order valence-corrected chi connectivity index (χ2v) is 6.27. The number of benzene rings is 1. The van der Waals surface area contributed by atoms with Gasteiger partial charge in [-0.1, -0.05) is 19.1 Å². The van der Waals surface area contributed by atoms with Crippen molar-refractivity contribution in [2.45, 2.75) is 24.8 Å². The van der Waals surface area contributed by atoms with Crippen molar-refractivity contribution < 1.29 is 8.42 Å². The van der Waals surface area contributed by atoms with Crippen LogP contribution in [0.25, 0.3) is 0 Å². The summed E-state index contributed by atoms with van der Waals surface area (Å²) in [6.45, 7) is 3.95. The van der Waals surface area contributed by atoms with Crippen LogP contribution >= 0.6 is 0 Å². The van der Waals surface area contributed by atoms with Crippen molar-refractivity contribution in [2.75, 3.05) is 13.1 Å². The Kier molecular flexibility index (Phi) is 5.43. The quantitative estimate of drug-likeness (QED) is 0.614. The van der Waals surface area contributed by atoms with Gasteiger partial charge in [-0.15, -0.1) is 0 Å². The van der Waals surface area contributed by atoms with Crippen molar-refractivity contribution in [1.82, 2.24) is 25.2 Å². The highest BCUT2D eigenvalue weighted by atomic mass is 32.2. The molecule has 0 atom stereocenters. The lowest BCUT2D eigenvalue weighted by Crippen LogP contribution is -2.23. The number of hydrogen-bond acceptors (Lipinski definition) is 5. The number of H-pyrrole nitrogens is 1. The Bertz CT molecular complexity index is 638. The van der Waals surface area contributed by atoms with Crippen LogP contribution in [0.1, 0.15) is 18.3 Å². The zero-order valence-corrected chi connectivity index (χ0v) is 12.7. The molecule has 0 saturated heterocycles. The smallest absolute Gasteiger partial charge is 0.240 e. The zero-order chi connectivity index (χ0) is 15.1. The van der Waals surface area contributed by atoms with Crippen molar-refractivity contribution in [2.24, 2.45) is 0 Å². The lowest BCUT2D eigenvalue weighted by molar-refractivity contribution is 0.579. The first-order chi connectivity index (χ1) is 10.1. The van der Waals surface area contributed by atoms with Gasteiger partial charge in [0.15, 0.2) is 0 Å². The minimum absolute atomic E-state index is 0.0878. The molecule has 0 aliphatic carbocycles. The molecule has 7 nitrogen and oxygen atoms in total. The van der Waals surface area contributed by atoms with Gasteiger partial charge < -0.3 is 5.32 Å². The molecule has 2 aromatic rings. The molecule has 1 heterocycles. The van der Waals surface area contributed by atoms with Gasteiger partial charge in [-0.25, -0.2) is 18.1 Å². The molecule has 0 amide bonds. The van der Waals surface area contributed by atoms with E-state index in [2.05, 4.69) is 32.1 Å². The number of aromatic amines is 1. The number of hydrogen-bond donors (Lipinski definition) is 3. The van der Waals surface area contributed by atoms with E-state index in [1.807, 2.05) is 12.1 Å². The summed E-state index contributed by atoms with van der Waals surface area (Å²) in [5, 5.41) is 9.50. The average Bonchev–Trinajstić information content (AvgIpc) is 3.00. The topological polar surface area (TPSA) is 99.8 Å². The Balaban J connectivity index is 1.96. The van der Waals surface area contributed by atoms with Crippen LogP contribution in [0.15, 0.2) is 35.5 Å². The average molecular weight is 309 g/mol. The highest BCUT2D eigenvalue weighted by Crippen LogP contribution is 2.11. The summed E-state index contributed by atoms with van der Waals surface area (Å²) in [5.74, 6) is 0.473. The third-order valence-corrected chi connectivity index (χ3v) is 4.39. The van der Waals surface area contributed by atoms with Crippen LogP contribution in [-0.2, 0) is 23.0 Å². The normalized spacial score (nSPS) is 11.7. The van der Waals surface area contributed by atoms with Crippen LogP contribution in [0.4, 0.5) is 0 Å². The molecule has 0 saturated carbocycles. The summed E-state index contributed by atoms with van der Waals surface area (Å²) >= 11 is 0. The predicted molar refractivity (Wildman–Crippen MR) is 79.1 cm³/mol. The molecular formula is C13H19N5O2S. The Hall–Kier alpha value is -1.77. The van der Waals surface area contributed by atoms with E-state index in [-0.39, 0.29) is 11.4 Å². The predicted octanol–water partition coefficient (Wildman–Crippen LogP) is 0.435. The van der Waals surface area contributed by atoms with Gasteiger partial charge in [-0.3, -0.25) is 5.10 Å². The second-order valence-electron chi connectivity index (χ2n) is 4.50. The maximum Gasteiger partial charge on any atom is 0.240 e. The van der Waals surface area contributed by atoms with Gasteiger partial charge in [0, 0.05) is 0 Å². The highest BCUT2D eigenvalue weighted by molar-refractivity contribution is 7.89. The van der Waals surface area contributed by atoms with E-state index in [1.54, 1.807) is 12.1 Å². The maximum atomic E-state index is 12.1. The standard InChI is InChI=1S/C13H19N5O2S/c1-2-14-8-7-11-3-5-12(6-4-11)21(19,20)17-9-13-15-10-16-18-13/h3-6,10,14,17H,2,7-9H2,1H3,(H,15,16,18). The Labute approximate surface area is 124 Å². The molecule has 8 heteroatoms. The van der Waals surface area contributed by atoms with Crippen molar-refractivity contribution in [3.63, 3.8) is 0 Å². The first-order valence-corrected chi connectivity index (χ1v) is 8.23. The molecule has 0 aliphatic rings. The summed E-state index contributed by atoms with van der Waals surface area (Å²) in [7, 11) is -3.53. The lowest BCUT2D eigenvalue weighted by atomic mass is 10.1. The summed E-state index contributed by atoms with van der Waals surface area (Å²) in [6, 6.07) is 6.90. The third-order valence-electron chi connectivity index (χ3n) is 2.97. The molecular weight excluding hydrogens is 290 g/mol. The van der Waals surface area contributed by atoms with E-state index in [1.165, 1.54) is 6.33 Å². The molecule has 114 valence electrons. The highest BCUT2D eigenvalue weighted by Gasteiger charge is 2.14. The minimum Gasteiger partial charge on any atom is -0.317 e. The van der Waals surface area contributed by atoms with Crippen LogP contribution in [0, 0.1) is 0 Å². The van der Waals surface area contributed by atoms with Crippen LogP contribution in [0.5, 0.6) is 0 Å². The van der Waals surface area contributed by atoms with E-state index in [0.29, 0.717) is 5.82 Å². The maximum absolute atomic E-state index is 12.1. The molecule has 0 radical (unpaired) electrons. The largest absolute Gasteiger partial charge is 0.317 e. The fraction of sp³-hybridized carbons (Fsp3) is 0.385. The third kappa shape index (κ3) is 4.62. The summed E-state index contributed by atoms with van der Waals surface area (Å²) in [5.41, 5.74) is 1.10. The van der Waals surface area contributed by atoms with Gasteiger partial charge in [0.1, 0.15) is 12.2 Å². The summed E-state index contributed by atoms with van der Waals surface area (Å²) in [6.07, 6.45) is 2.21. The molecule has 2 rings (SSSR count). The van der Waals surface area contributed by atoms with E-state index < -0.39 is 10.0 Å². The van der Waals surface area contributed by atoms with Gasteiger partial charge in [-0.2, -0.15) is 5.10 Å². The molecule has 0 fully saturated rings. The van der Waals surface area contributed by atoms with Crippen LogP contribution in [-0.4, -0.2) is 36.7 Å². The van der Waals surface area contributed by atoms with Gasteiger partial charge in [0.25, 0.3) is 0 Å². The van der Waals surface area contributed by atoms with E-state index in [9.17, 15) is 8.42 Å². The van der Waals surface area contributed by atoms with Gasteiger partial charge in [-0.05, 0) is 37.2 Å². The van der Waals surface area contributed by atoms with Gasteiger partial charge in [0.2, 0.25) is 10.0 Å². The first kappa shape index (κ1) is 15.6. The molecule has 0 bridgehead atoms. The number of nitrogens with one attached hydrogen (secondary N) is 3. The summed E-state index contributed by atoms with van der Waals surface area (Å²) < 4.78 is 26.7. The van der Waals surface area contributed by atoms with Crippen molar-refractivity contribution in [3.8, 4) is 0 Å². The van der Waals surface area contributed by atoms with Crippen molar-refractivity contribution >= 4 is 10.0 Å². The molecule has 1 aromatic heterocycles. The SMILES string of the molecule is CCNCCc1ccc(S(=O)(=O)NCc2ncn[nH]2)cc1. The zero-order valence-electron chi connectivity index (χ0n) is 11.8. The van der Waals surface area contributed by atoms with Crippen LogP contribution in [0.2, 0.25) is 0 Å². The van der Waals surface area contributed by atoms with Crippen LogP contribution < -0.4 is 10.0 Å². The van der Waals surface area contributed by atoms with Gasteiger partial charge >= 0.3 is 0 Å². The molecule has 3 N–H and O–H groups in total. The Morgan fingerprint density at radius 2 is 2.00 bits per heavy atom. The number of nitrogens with zero attached hydrogens (tertiary/aromatic N) is 2. The van der Waals surface area contributed by atoms with Crippen LogP contribution in [0.3, 0.4) is 0 Å².